The summed E-state index contributed by atoms with van der Waals surface area (Å²) in [5.74, 6) is 1.70. The van der Waals surface area contributed by atoms with E-state index in [1.807, 2.05) is 0 Å². The number of alkyl halides is 1. The second-order valence-electron chi connectivity index (χ2n) is 10.4. The van der Waals surface area contributed by atoms with Gasteiger partial charge in [-0.2, -0.15) is 0 Å². The molecule has 0 aromatic heterocycles. The SMILES string of the molecule is CC(=O)O[C@H]1CC[C@@]2(C)[C@@H](CC[C@@H]3[C@@H]2C(=O)[C@@H](Br)[C@]2(C)[C@@H](C(C)=O)CC[C@@H]32)C1. The van der Waals surface area contributed by atoms with Crippen LogP contribution in [0.3, 0.4) is 0 Å². The molecule has 0 bridgehead atoms. The Morgan fingerprint density at radius 2 is 1.79 bits per heavy atom. The predicted molar refractivity (Wildman–Crippen MR) is 110 cm³/mol. The molecule has 0 aliphatic heterocycles. The molecule has 0 aromatic carbocycles. The normalized spacial score (nSPS) is 50.3. The highest BCUT2D eigenvalue weighted by Gasteiger charge is 2.67. The summed E-state index contributed by atoms with van der Waals surface area (Å²) >= 11 is 3.80. The van der Waals surface area contributed by atoms with Gasteiger partial charge in [-0.05, 0) is 80.5 Å². The van der Waals surface area contributed by atoms with Gasteiger partial charge in [-0.25, -0.2) is 0 Å². The lowest BCUT2D eigenvalue weighted by Gasteiger charge is -2.61. The number of halogens is 1. The minimum absolute atomic E-state index is 0.00277. The third kappa shape index (κ3) is 2.78. The van der Waals surface area contributed by atoms with Crippen LogP contribution >= 0.6 is 15.9 Å². The zero-order valence-electron chi connectivity index (χ0n) is 17.5. The number of esters is 1. The topological polar surface area (TPSA) is 60.4 Å². The van der Waals surface area contributed by atoms with Crippen LogP contribution in [0.25, 0.3) is 0 Å². The van der Waals surface area contributed by atoms with E-state index in [1.54, 1.807) is 6.92 Å². The Hall–Kier alpha value is -0.710. The van der Waals surface area contributed by atoms with Crippen molar-refractivity contribution in [1.82, 2.24) is 0 Å². The van der Waals surface area contributed by atoms with Gasteiger partial charge in [0, 0.05) is 18.8 Å². The fourth-order valence-corrected chi connectivity index (χ4v) is 8.91. The Balaban J connectivity index is 1.64. The van der Waals surface area contributed by atoms with E-state index in [0.717, 1.165) is 44.9 Å². The largest absolute Gasteiger partial charge is 0.463 e. The van der Waals surface area contributed by atoms with Crippen LogP contribution < -0.4 is 0 Å². The third-order valence-corrected chi connectivity index (χ3v) is 10.7. The van der Waals surface area contributed by atoms with Gasteiger partial charge in [0.1, 0.15) is 11.9 Å². The quantitative estimate of drug-likeness (QED) is 0.449. The zero-order valence-corrected chi connectivity index (χ0v) is 19.1. The summed E-state index contributed by atoms with van der Waals surface area (Å²) in [7, 11) is 0. The first-order valence-electron chi connectivity index (χ1n) is 11.0. The number of rotatable bonds is 2. The molecule has 0 N–H and O–H groups in total. The molecule has 0 spiro atoms. The van der Waals surface area contributed by atoms with Gasteiger partial charge in [-0.15, -0.1) is 0 Å². The molecule has 0 unspecified atom stereocenters. The molecule has 5 heteroatoms. The van der Waals surface area contributed by atoms with Crippen molar-refractivity contribution in [3.05, 3.63) is 0 Å². The highest BCUT2D eigenvalue weighted by Crippen LogP contribution is 2.67. The van der Waals surface area contributed by atoms with Gasteiger partial charge < -0.3 is 4.74 Å². The van der Waals surface area contributed by atoms with Crippen LogP contribution in [0.1, 0.15) is 72.6 Å². The van der Waals surface area contributed by atoms with Crippen LogP contribution in [0.5, 0.6) is 0 Å². The Bertz CT molecular complexity index is 705. The van der Waals surface area contributed by atoms with Crippen molar-refractivity contribution in [2.24, 2.45) is 40.4 Å². The lowest BCUT2D eigenvalue weighted by molar-refractivity contribution is -0.168. The molecule has 0 saturated heterocycles. The van der Waals surface area contributed by atoms with Crippen molar-refractivity contribution in [2.45, 2.75) is 83.6 Å². The molecule has 28 heavy (non-hydrogen) atoms. The van der Waals surface area contributed by atoms with Crippen molar-refractivity contribution >= 4 is 33.5 Å². The summed E-state index contributed by atoms with van der Waals surface area (Å²) in [6, 6.07) is 0. The van der Waals surface area contributed by atoms with Crippen molar-refractivity contribution < 1.29 is 19.1 Å². The van der Waals surface area contributed by atoms with Crippen molar-refractivity contribution in [1.29, 1.82) is 0 Å². The number of hydrogen-bond donors (Lipinski definition) is 0. The number of carbonyl (C=O) groups excluding carboxylic acids is 3. The number of fused-ring (bicyclic) bond motifs is 5. The summed E-state index contributed by atoms with van der Waals surface area (Å²) in [6.45, 7) is 7.69. The molecule has 0 radical (unpaired) electrons. The molecule has 0 amide bonds. The van der Waals surface area contributed by atoms with Crippen LogP contribution in [0.4, 0.5) is 0 Å². The van der Waals surface area contributed by atoms with Gasteiger partial charge >= 0.3 is 5.97 Å². The maximum atomic E-state index is 13.8. The zero-order chi connectivity index (χ0) is 20.4. The first-order chi connectivity index (χ1) is 13.1. The summed E-state index contributed by atoms with van der Waals surface area (Å²) < 4.78 is 5.52. The van der Waals surface area contributed by atoms with E-state index in [1.165, 1.54) is 6.92 Å². The molecule has 4 rings (SSSR count). The van der Waals surface area contributed by atoms with Crippen molar-refractivity contribution in [2.75, 3.05) is 0 Å². The fraction of sp³-hybridized carbons (Fsp3) is 0.870. The minimum Gasteiger partial charge on any atom is -0.463 e. The summed E-state index contributed by atoms with van der Waals surface area (Å²) in [5.41, 5.74) is -0.263. The number of carbonyl (C=O) groups is 3. The lowest BCUT2D eigenvalue weighted by Crippen LogP contribution is -2.62. The monoisotopic (exact) mass is 452 g/mol. The summed E-state index contributed by atoms with van der Waals surface area (Å²) in [5, 5.41) is 0. The molecule has 4 nitrogen and oxygen atoms in total. The Kier molecular flexibility index (Phi) is 5.08. The second-order valence-corrected chi connectivity index (χ2v) is 11.3. The molecule has 9 atom stereocenters. The standard InChI is InChI=1S/C23H33BrO4/c1-12(25)17-7-8-18-16-6-5-14-11-15(28-13(2)26)9-10-22(14,3)19(16)20(27)21(24)23(17,18)4/h14-19,21H,5-11H2,1-4H3/t14-,15-,16-,17+,18-,19+,21+,22-,23+/m0/s1. The van der Waals surface area contributed by atoms with Gasteiger partial charge in [-0.1, -0.05) is 29.8 Å². The average molecular weight is 453 g/mol. The molecule has 4 aliphatic rings. The fourth-order valence-electron chi connectivity index (χ4n) is 7.97. The first-order valence-corrected chi connectivity index (χ1v) is 11.9. The van der Waals surface area contributed by atoms with Crippen LogP contribution in [0, 0.1) is 40.4 Å². The van der Waals surface area contributed by atoms with E-state index in [4.69, 9.17) is 4.74 Å². The van der Waals surface area contributed by atoms with Crippen LogP contribution in [0.2, 0.25) is 0 Å². The molecule has 4 aliphatic carbocycles. The van der Waals surface area contributed by atoms with E-state index in [9.17, 15) is 14.4 Å². The first kappa shape index (κ1) is 20.6. The molecule has 0 heterocycles. The van der Waals surface area contributed by atoms with E-state index in [-0.39, 0.29) is 45.3 Å². The molecular formula is C23H33BrO4. The van der Waals surface area contributed by atoms with E-state index < -0.39 is 0 Å². The van der Waals surface area contributed by atoms with Gasteiger partial charge in [0.15, 0.2) is 5.78 Å². The van der Waals surface area contributed by atoms with E-state index in [0.29, 0.717) is 23.5 Å². The highest BCUT2D eigenvalue weighted by molar-refractivity contribution is 9.10. The lowest BCUT2D eigenvalue weighted by atomic mass is 9.44. The Morgan fingerprint density at radius 1 is 1.07 bits per heavy atom. The Morgan fingerprint density at radius 3 is 2.43 bits per heavy atom. The van der Waals surface area contributed by atoms with E-state index in [2.05, 4.69) is 29.8 Å². The molecule has 4 fully saturated rings. The summed E-state index contributed by atoms with van der Waals surface area (Å²) in [6.07, 6.45) is 6.84. The van der Waals surface area contributed by atoms with Gasteiger partial charge in [0.2, 0.25) is 0 Å². The molecule has 4 saturated carbocycles. The van der Waals surface area contributed by atoms with Crippen molar-refractivity contribution in [3.8, 4) is 0 Å². The smallest absolute Gasteiger partial charge is 0.302 e. The van der Waals surface area contributed by atoms with Crippen LogP contribution in [-0.2, 0) is 19.1 Å². The summed E-state index contributed by atoms with van der Waals surface area (Å²) in [4.78, 5) is 37.3. The van der Waals surface area contributed by atoms with E-state index >= 15 is 0 Å². The number of hydrogen-bond acceptors (Lipinski definition) is 4. The van der Waals surface area contributed by atoms with Crippen LogP contribution in [-0.4, -0.2) is 28.5 Å². The van der Waals surface area contributed by atoms with Gasteiger partial charge in [-0.3, -0.25) is 14.4 Å². The predicted octanol–water partition coefficient (Wildman–Crippen LogP) is 4.72. The number of ketones is 2. The maximum absolute atomic E-state index is 13.8. The van der Waals surface area contributed by atoms with Gasteiger partial charge in [0.25, 0.3) is 0 Å². The van der Waals surface area contributed by atoms with Crippen molar-refractivity contribution in [3.63, 3.8) is 0 Å². The number of Topliss-reactive ketones (excluding diaryl/α,β-unsaturated/α-hetero) is 2. The minimum atomic E-state index is -0.248. The van der Waals surface area contributed by atoms with Crippen LogP contribution in [0.15, 0.2) is 0 Å². The molecular weight excluding hydrogens is 420 g/mol. The van der Waals surface area contributed by atoms with Gasteiger partial charge in [0.05, 0.1) is 4.83 Å². The highest BCUT2D eigenvalue weighted by atomic mass is 79.9. The maximum Gasteiger partial charge on any atom is 0.302 e. The Labute approximate surface area is 176 Å². The third-order valence-electron chi connectivity index (χ3n) is 9.23. The average Bonchev–Trinajstić information content (AvgIpc) is 2.97. The molecule has 0 aromatic rings. The molecule has 156 valence electrons. The number of ether oxygens (including phenoxy) is 1. The second kappa shape index (κ2) is 6.92.